The standard InChI is InChI=1S/C22H27N3/c1-24(2)18-12-10-17(11-13-18)22(25-14-6-3-7-15-25)20-16-23-21-9-5-4-8-19(20)21/h4-5,8-13,16,22-23H,3,6-7,14-15H2,1-2H3. The van der Waals surface area contributed by atoms with Crippen LogP contribution in [0.4, 0.5) is 5.69 Å². The van der Waals surface area contributed by atoms with E-state index in [0.717, 1.165) is 0 Å². The Morgan fingerprint density at radius 2 is 1.64 bits per heavy atom. The Kier molecular flexibility index (Phi) is 4.50. The van der Waals surface area contributed by atoms with E-state index < -0.39 is 0 Å². The first kappa shape index (κ1) is 16.2. The van der Waals surface area contributed by atoms with Crippen LogP contribution in [0.1, 0.15) is 36.4 Å². The molecular weight excluding hydrogens is 306 g/mol. The normalized spacial score (nSPS) is 16.9. The smallest absolute Gasteiger partial charge is 0.0622 e. The molecule has 0 aliphatic carbocycles. The molecule has 1 atom stereocenters. The highest BCUT2D eigenvalue weighted by molar-refractivity contribution is 5.84. The number of nitrogens with one attached hydrogen (secondary N) is 1. The third-order valence-electron chi connectivity index (χ3n) is 5.40. The molecule has 0 spiro atoms. The molecule has 25 heavy (non-hydrogen) atoms. The van der Waals surface area contributed by atoms with Crippen molar-refractivity contribution in [3.8, 4) is 0 Å². The van der Waals surface area contributed by atoms with E-state index in [1.807, 2.05) is 0 Å². The number of H-pyrrole nitrogens is 1. The lowest BCUT2D eigenvalue weighted by Gasteiger charge is -2.35. The number of para-hydroxylation sites is 1. The molecule has 0 amide bonds. The topological polar surface area (TPSA) is 22.3 Å². The van der Waals surface area contributed by atoms with Gasteiger partial charge < -0.3 is 9.88 Å². The Morgan fingerprint density at radius 3 is 2.36 bits per heavy atom. The van der Waals surface area contributed by atoms with Crippen molar-refractivity contribution >= 4 is 16.6 Å². The van der Waals surface area contributed by atoms with Crippen molar-refractivity contribution < 1.29 is 0 Å². The molecular formula is C22H27N3. The minimum absolute atomic E-state index is 0.327. The van der Waals surface area contributed by atoms with Gasteiger partial charge in [0.1, 0.15) is 0 Å². The summed E-state index contributed by atoms with van der Waals surface area (Å²) in [6.45, 7) is 2.36. The summed E-state index contributed by atoms with van der Waals surface area (Å²) in [7, 11) is 4.19. The number of hydrogen-bond donors (Lipinski definition) is 1. The highest BCUT2D eigenvalue weighted by Crippen LogP contribution is 2.35. The minimum atomic E-state index is 0.327. The largest absolute Gasteiger partial charge is 0.378 e. The molecule has 1 aromatic heterocycles. The van der Waals surface area contributed by atoms with Crippen molar-refractivity contribution in [2.45, 2.75) is 25.3 Å². The number of rotatable bonds is 4. The SMILES string of the molecule is CN(C)c1ccc(C(c2c[nH]c3ccccc23)N2CCCCC2)cc1. The number of likely N-dealkylation sites (tertiary alicyclic amines) is 1. The van der Waals surface area contributed by atoms with Gasteiger partial charge in [-0.25, -0.2) is 0 Å². The molecule has 0 saturated carbocycles. The van der Waals surface area contributed by atoms with E-state index in [4.69, 9.17) is 0 Å². The first-order valence-electron chi connectivity index (χ1n) is 9.31. The van der Waals surface area contributed by atoms with Gasteiger partial charge in [0.15, 0.2) is 0 Å². The lowest BCUT2D eigenvalue weighted by Crippen LogP contribution is -2.34. The average Bonchev–Trinajstić information content (AvgIpc) is 3.07. The van der Waals surface area contributed by atoms with Gasteiger partial charge in [-0.15, -0.1) is 0 Å². The van der Waals surface area contributed by atoms with E-state index >= 15 is 0 Å². The molecule has 3 aromatic rings. The Balaban J connectivity index is 1.78. The molecule has 2 heterocycles. The summed E-state index contributed by atoms with van der Waals surface area (Å²) < 4.78 is 0. The molecule has 0 radical (unpaired) electrons. The molecule has 1 unspecified atom stereocenters. The first-order valence-corrected chi connectivity index (χ1v) is 9.31. The van der Waals surface area contributed by atoms with Crippen LogP contribution in [0.5, 0.6) is 0 Å². The number of aromatic amines is 1. The summed E-state index contributed by atoms with van der Waals surface area (Å²) in [6, 6.07) is 18.1. The van der Waals surface area contributed by atoms with Crippen molar-refractivity contribution in [1.29, 1.82) is 0 Å². The van der Waals surface area contributed by atoms with Crippen LogP contribution in [0.3, 0.4) is 0 Å². The number of fused-ring (bicyclic) bond motifs is 1. The van der Waals surface area contributed by atoms with Gasteiger partial charge in [-0.1, -0.05) is 36.8 Å². The number of piperidine rings is 1. The van der Waals surface area contributed by atoms with E-state index in [9.17, 15) is 0 Å². The van der Waals surface area contributed by atoms with Gasteiger partial charge in [-0.05, 0) is 55.3 Å². The summed E-state index contributed by atoms with van der Waals surface area (Å²) in [5, 5.41) is 1.34. The predicted octanol–water partition coefficient (Wildman–Crippen LogP) is 4.81. The van der Waals surface area contributed by atoms with Gasteiger partial charge >= 0.3 is 0 Å². The summed E-state index contributed by atoms with van der Waals surface area (Å²) in [5.74, 6) is 0. The third kappa shape index (κ3) is 3.16. The molecule has 1 aliphatic heterocycles. The van der Waals surface area contributed by atoms with Crippen LogP contribution in [0, 0.1) is 0 Å². The zero-order valence-corrected chi connectivity index (χ0v) is 15.2. The predicted molar refractivity (Wildman–Crippen MR) is 106 cm³/mol. The van der Waals surface area contributed by atoms with Crippen molar-refractivity contribution in [2.24, 2.45) is 0 Å². The highest BCUT2D eigenvalue weighted by atomic mass is 15.2. The fourth-order valence-electron chi connectivity index (χ4n) is 4.04. The monoisotopic (exact) mass is 333 g/mol. The van der Waals surface area contributed by atoms with Crippen LogP contribution in [-0.4, -0.2) is 37.1 Å². The van der Waals surface area contributed by atoms with Gasteiger partial charge in [0, 0.05) is 36.9 Å². The zero-order valence-electron chi connectivity index (χ0n) is 15.2. The first-order chi connectivity index (χ1) is 12.2. The summed E-state index contributed by atoms with van der Waals surface area (Å²) in [6.07, 6.45) is 6.17. The van der Waals surface area contributed by atoms with E-state index in [2.05, 4.69) is 83.6 Å². The number of benzene rings is 2. The molecule has 130 valence electrons. The second kappa shape index (κ2) is 6.93. The molecule has 4 rings (SSSR count). The molecule has 1 saturated heterocycles. The number of hydrogen-bond acceptors (Lipinski definition) is 2. The van der Waals surface area contributed by atoms with Crippen LogP contribution >= 0.6 is 0 Å². The van der Waals surface area contributed by atoms with E-state index in [-0.39, 0.29) is 0 Å². The fourth-order valence-corrected chi connectivity index (χ4v) is 4.04. The highest BCUT2D eigenvalue weighted by Gasteiger charge is 2.26. The van der Waals surface area contributed by atoms with Gasteiger partial charge in [-0.3, -0.25) is 4.90 Å². The molecule has 1 fully saturated rings. The molecule has 3 heteroatoms. The molecule has 0 bridgehead atoms. The average molecular weight is 333 g/mol. The van der Waals surface area contributed by atoms with Crippen LogP contribution in [0.25, 0.3) is 10.9 Å². The third-order valence-corrected chi connectivity index (χ3v) is 5.40. The Labute approximate surface area is 150 Å². The van der Waals surface area contributed by atoms with Crippen molar-refractivity contribution in [1.82, 2.24) is 9.88 Å². The van der Waals surface area contributed by atoms with Crippen molar-refractivity contribution in [3.63, 3.8) is 0 Å². The molecule has 2 aromatic carbocycles. The van der Waals surface area contributed by atoms with Crippen LogP contribution in [0.15, 0.2) is 54.7 Å². The quantitative estimate of drug-likeness (QED) is 0.740. The van der Waals surface area contributed by atoms with Gasteiger partial charge in [-0.2, -0.15) is 0 Å². The van der Waals surface area contributed by atoms with Gasteiger partial charge in [0.05, 0.1) is 6.04 Å². The maximum absolute atomic E-state index is 3.47. The van der Waals surface area contributed by atoms with E-state index in [0.29, 0.717) is 6.04 Å². The number of nitrogens with zero attached hydrogens (tertiary/aromatic N) is 2. The van der Waals surface area contributed by atoms with Crippen molar-refractivity contribution in [3.05, 3.63) is 65.9 Å². The van der Waals surface area contributed by atoms with Crippen molar-refractivity contribution in [2.75, 3.05) is 32.1 Å². The van der Waals surface area contributed by atoms with Crippen LogP contribution in [-0.2, 0) is 0 Å². The lowest BCUT2D eigenvalue weighted by molar-refractivity contribution is 0.188. The molecule has 1 aliphatic rings. The maximum Gasteiger partial charge on any atom is 0.0622 e. The second-order valence-corrected chi connectivity index (χ2v) is 7.27. The maximum atomic E-state index is 3.47. The molecule has 1 N–H and O–H groups in total. The summed E-state index contributed by atoms with van der Waals surface area (Å²) in [5.41, 5.74) is 5.26. The minimum Gasteiger partial charge on any atom is -0.378 e. The number of anilines is 1. The van der Waals surface area contributed by atoms with Crippen LogP contribution < -0.4 is 4.90 Å². The van der Waals surface area contributed by atoms with E-state index in [1.165, 1.54) is 60.1 Å². The second-order valence-electron chi connectivity index (χ2n) is 7.27. The van der Waals surface area contributed by atoms with E-state index in [1.54, 1.807) is 0 Å². The Bertz CT molecular complexity index is 826. The number of aromatic nitrogens is 1. The Hall–Kier alpha value is -2.26. The lowest BCUT2D eigenvalue weighted by atomic mass is 9.94. The molecule has 3 nitrogen and oxygen atoms in total. The van der Waals surface area contributed by atoms with Crippen LogP contribution in [0.2, 0.25) is 0 Å². The zero-order chi connectivity index (χ0) is 17.2. The van der Waals surface area contributed by atoms with Gasteiger partial charge in [0.2, 0.25) is 0 Å². The summed E-state index contributed by atoms with van der Waals surface area (Å²) >= 11 is 0. The Morgan fingerprint density at radius 1 is 0.920 bits per heavy atom. The summed E-state index contributed by atoms with van der Waals surface area (Å²) in [4.78, 5) is 8.29. The van der Waals surface area contributed by atoms with Gasteiger partial charge in [0.25, 0.3) is 0 Å². The fraction of sp³-hybridized carbons (Fsp3) is 0.364.